The molecule has 1 fully saturated rings. The van der Waals surface area contributed by atoms with Gasteiger partial charge in [0.25, 0.3) is 0 Å². The molecule has 3 aromatic rings. The van der Waals surface area contributed by atoms with Gasteiger partial charge in [0, 0.05) is 38.8 Å². The Bertz CT molecular complexity index is 1050. The van der Waals surface area contributed by atoms with Crippen LogP contribution >= 0.6 is 24.0 Å². The third-order valence-electron chi connectivity index (χ3n) is 5.65. The highest BCUT2D eigenvalue weighted by Crippen LogP contribution is 2.31. The average molecular weight is 561 g/mol. The van der Waals surface area contributed by atoms with Gasteiger partial charge in [-0.3, -0.25) is 4.68 Å². The maximum Gasteiger partial charge on any atom is 0.194 e. The molecule has 2 heterocycles. The van der Waals surface area contributed by atoms with Crippen molar-refractivity contribution in [3.63, 3.8) is 0 Å². The second kappa shape index (κ2) is 11.9. The number of benzene rings is 2. The van der Waals surface area contributed by atoms with E-state index in [-0.39, 0.29) is 24.0 Å². The molecular weight excluding hydrogens is 529 g/mol. The van der Waals surface area contributed by atoms with Crippen molar-refractivity contribution in [2.75, 3.05) is 26.7 Å². The van der Waals surface area contributed by atoms with Crippen LogP contribution in [0.4, 0.5) is 0 Å². The molecule has 0 saturated carbocycles. The highest BCUT2D eigenvalue weighted by Gasteiger charge is 2.26. The Morgan fingerprint density at radius 3 is 2.58 bits per heavy atom. The smallest absolute Gasteiger partial charge is 0.194 e. The van der Waals surface area contributed by atoms with Gasteiger partial charge in [0.15, 0.2) is 17.5 Å². The minimum Gasteiger partial charge on any atom is -0.493 e. The van der Waals surface area contributed by atoms with Crippen molar-refractivity contribution in [1.29, 1.82) is 0 Å². The van der Waals surface area contributed by atoms with Crippen LogP contribution in [-0.2, 0) is 13.6 Å². The van der Waals surface area contributed by atoms with Crippen molar-refractivity contribution in [2.45, 2.75) is 25.8 Å². The second-order valence-corrected chi connectivity index (χ2v) is 7.95. The maximum atomic E-state index is 5.97. The third-order valence-corrected chi connectivity index (χ3v) is 5.65. The van der Waals surface area contributed by atoms with Crippen LogP contribution in [0, 0.1) is 0 Å². The number of aromatic nitrogens is 2. The molecule has 1 aliphatic rings. The monoisotopic (exact) mass is 561 g/mol. The number of ether oxygens (including phenoxy) is 2. The van der Waals surface area contributed by atoms with Gasteiger partial charge in [-0.25, -0.2) is 4.99 Å². The fourth-order valence-corrected chi connectivity index (χ4v) is 3.96. The zero-order valence-corrected chi connectivity index (χ0v) is 21.7. The number of hydrogen-bond donors (Lipinski definition) is 1. The number of hydrogen-bond acceptors (Lipinski definition) is 4. The van der Waals surface area contributed by atoms with Crippen molar-refractivity contribution in [1.82, 2.24) is 20.0 Å². The molecule has 0 aliphatic carbocycles. The molecule has 1 unspecified atom stereocenters. The van der Waals surface area contributed by atoms with Crippen molar-refractivity contribution in [2.24, 2.45) is 12.0 Å². The molecule has 0 spiro atoms. The van der Waals surface area contributed by atoms with Gasteiger partial charge in [-0.05, 0) is 48.7 Å². The quantitative estimate of drug-likeness (QED) is 0.255. The molecule has 0 amide bonds. The topological polar surface area (TPSA) is 63.9 Å². The number of guanidine groups is 1. The summed E-state index contributed by atoms with van der Waals surface area (Å²) in [6, 6.07) is 15.7. The van der Waals surface area contributed by atoms with E-state index in [2.05, 4.69) is 40.6 Å². The predicted octanol–water partition coefficient (Wildman–Crippen LogP) is 4.79. The summed E-state index contributed by atoms with van der Waals surface area (Å²) in [5, 5.41) is 7.77. The van der Waals surface area contributed by atoms with Gasteiger partial charge < -0.3 is 19.7 Å². The summed E-state index contributed by atoms with van der Waals surface area (Å²) >= 11 is 0. The number of likely N-dealkylation sites (tertiary alicyclic amines) is 1. The fourth-order valence-electron chi connectivity index (χ4n) is 3.96. The lowest BCUT2D eigenvalue weighted by Gasteiger charge is -2.21. The van der Waals surface area contributed by atoms with Gasteiger partial charge in [0.05, 0.1) is 19.9 Å². The van der Waals surface area contributed by atoms with Crippen molar-refractivity contribution < 1.29 is 9.47 Å². The predicted molar refractivity (Wildman–Crippen MR) is 142 cm³/mol. The van der Waals surface area contributed by atoms with E-state index in [0.29, 0.717) is 24.0 Å². The molecule has 1 atom stereocenters. The second-order valence-electron chi connectivity index (χ2n) is 7.95. The van der Waals surface area contributed by atoms with E-state index in [1.165, 1.54) is 5.56 Å². The van der Waals surface area contributed by atoms with Crippen LogP contribution in [-0.4, -0.2) is 47.4 Å². The van der Waals surface area contributed by atoms with Gasteiger partial charge >= 0.3 is 0 Å². The largest absolute Gasteiger partial charge is 0.493 e. The maximum absolute atomic E-state index is 5.97. The molecule has 1 N–H and O–H groups in total. The Morgan fingerprint density at radius 1 is 1.15 bits per heavy atom. The lowest BCUT2D eigenvalue weighted by molar-refractivity contribution is 0.379. The van der Waals surface area contributed by atoms with Crippen molar-refractivity contribution in [3.05, 3.63) is 72.1 Å². The van der Waals surface area contributed by atoms with Gasteiger partial charge in [-0.2, -0.15) is 5.10 Å². The first-order chi connectivity index (χ1) is 15.7. The fraction of sp³-hybridized carbons (Fsp3) is 0.360. The molecule has 0 radical (unpaired) electrons. The van der Waals surface area contributed by atoms with E-state index >= 15 is 0 Å². The van der Waals surface area contributed by atoms with Crippen LogP contribution in [0.3, 0.4) is 0 Å². The molecule has 33 heavy (non-hydrogen) atoms. The zero-order valence-electron chi connectivity index (χ0n) is 19.4. The molecule has 1 aromatic heterocycles. The number of methoxy groups -OCH3 is 1. The standard InChI is InChI=1S/C25H31N5O2.HI/c1-4-26-25(30-14-13-20(18-30)21-16-28-29(2)17-21)27-15-19-9-11-22(12-10-19)32-24-8-6-5-7-23(24)31-3;/h5-12,16-17,20H,4,13-15,18H2,1-3H3,(H,26,27);1H. The molecule has 4 rings (SSSR count). The molecule has 2 aromatic carbocycles. The van der Waals surface area contributed by atoms with E-state index in [0.717, 1.165) is 43.3 Å². The first kappa shape index (κ1) is 24.9. The van der Waals surface area contributed by atoms with Crippen LogP contribution in [0.5, 0.6) is 17.2 Å². The Hall–Kier alpha value is -2.75. The minimum absolute atomic E-state index is 0. The lowest BCUT2D eigenvalue weighted by atomic mass is 10.0. The van der Waals surface area contributed by atoms with E-state index in [4.69, 9.17) is 14.5 Å². The molecule has 0 bridgehead atoms. The zero-order chi connectivity index (χ0) is 22.3. The Morgan fingerprint density at radius 2 is 1.91 bits per heavy atom. The van der Waals surface area contributed by atoms with E-state index < -0.39 is 0 Å². The molecule has 1 aliphatic heterocycles. The van der Waals surface area contributed by atoms with Crippen LogP contribution < -0.4 is 14.8 Å². The molecule has 1 saturated heterocycles. The lowest BCUT2D eigenvalue weighted by Crippen LogP contribution is -2.40. The van der Waals surface area contributed by atoms with Gasteiger partial charge in [-0.15, -0.1) is 24.0 Å². The summed E-state index contributed by atoms with van der Waals surface area (Å²) in [6.07, 6.45) is 5.21. The third kappa shape index (κ3) is 6.40. The normalized spacial score (nSPS) is 15.8. The van der Waals surface area contributed by atoms with E-state index in [1.807, 2.05) is 54.3 Å². The Kier molecular flexibility index (Phi) is 8.99. The highest BCUT2D eigenvalue weighted by atomic mass is 127. The number of para-hydroxylation sites is 2. The Labute approximate surface area is 212 Å². The number of nitrogens with one attached hydrogen (secondary N) is 1. The molecule has 7 nitrogen and oxygen atoms in total. The van der Waals surface area contributed by atoms with Crippen LogP contribution in [0.15, 0.2) is 65.9 Å². The first-order valence-electron chi connectivity index (χ1n) is 11.1. The van der Waals surface area contributed by atoms with Gasteiger partial charge in [0.2, 0.25) is 0 Å². The number of nitrogens with zero attached hydrogens (tertiary/aromatic N) is 4. The van der Waals surface area contributed by atoms with Crippen molar-refractivity contribution >= 4 is 29.9 Å². The summed E-state index contributed by atoms with van der Waals surface area (Å²) in [6.45, 7) is 5.53. The average Bonchev–Trinajstić information content (AvgIpc) is 3.47. The summed E-state index contributed by atoms with van der Waals surface area (Å²) in [5.74, 6) is 3.65. The van der Waals surface area contributed by atoms with E-state index in [1.54, 1.807) is 7.11 Å². The summed E-state index contributed by atoms with van der Waals surface area (Å²) < 4.78 is 13.2. The van der Waals surface area contributed by atoms with Crippen LogP contribution in [0.2, 0.25) is 0 Å². The number of aliphatic imine (C=N–C) groups is 1. The molecule has 176 valence electrons. The Balaban J connectivity index is 0.00000306. The van der Waals surface area contributed by atoms with Gasteiger partial charge in [-0.1, -0.05) is 24.3 Å². The summed E-state index contributed by atoms with van der Waals surface area (Å²) in [7, 11) is 3.61. The molecule has 8 heteroatoms. The van der Waals surface area contributed by atoms with Crippen LogP contribution in [0.1, 0.15) is 30.4 Å². The van der Waals surface area contributed by atoms with Crippen LogP contribution in [0.25, 0.3) is 0 Å². The summed E-state index contributed by atoms with van der Waals surface area (Å²) in [4.78, 5) is 7.24. The van der Waals surface area contributed by atoms with E-state index in [9.17, 15) is 0 Å². The first-order valence-corrected chi connectivity index (χ1v) is 11.1. The summed E-state index contributed by atoms with van der Waals surface area (Å²) in [5.41, 5.74) is 2.44. The highest BCUT2D eigenvalue weighted by molar-refractivity contribution is 14.0. The number of aryl methyl sites for hydroxylation is 1. The molecular formula is C25H32IN5O2. The minimum atomic E-state index is 0. The van der Waals surface area contributed by atoms with Gasteiger partial charge in [0.1, 0.15) is 5.75 Å². The SMILES string of the molecule is CCNC(=NCc1ccc(Oc2ccccc2OC)cc1)N1CCC(c2cnn(C)c2)C1.I. The number of halogens is 1. The number of rotatable bonds is 7. The van der Waals surface area contributed by atoms with Crippen molar-refractivity contribution in [3.8, 4) is 17.2 Å².